The molecule has 1 aliphatic rings. The van der Waals surface area contributed by atoms with Crippen LogP contribution in [-0.2, 0) is 9.59 Å². The van der Waals surface area contributed by atoms with Gasteiger partial charge in [0.25, 0.3) is 5.91 Å². The van der Waals surface area contributed by atoms with Crippen LogP contribution in [0.2, 0.25) is 0 Å². The van der Waals surface area contributed by atoms with Crippen LogP contribution in [0.1, 0.15) is 4.88 Å². The number of nitrogens with zero attached hydrogens (tertiary/aromatic N) is 1. The predicted octanol–water partition coefficient (Wildman–Crippen LogP) is 3.29. The van der Waals surface area contributed by atoms with Gasteiger partial charge in [0.1, 0.15) is 16.6 Å². The summed E-state index contributed by atoms with van der Waals surface area (Å²) >= 11 is 7.90. The van der Waals surface area contributed by atoms with E-state index in [1.165, 1.54) is 34.1 Å². The van der Waals surface area contributed by atoms with Crippen LogP contribution < -0.4 is 5.32 Å². The third-order valence-corrected chi connectivity index (χ3v) is 5.37. The molecule has 2 amide bonds. The van der Waals surface area contributed by atoms with Crippen LogP contribution >= 0.6 is 35.3 Å². The van der Waals surface area contributed by atoms with Crippen LogP contribution in [0.25, 0.3) is 6.08 Å². The van der Waals surface area contributed by atoms with Gasteiger partial charge in [-0.15, -0.1) is 11.3 Å². The van der Waals surface area contributed by atoms with Crippen LogP contribution in [0.15, 0.2) is 46.7 Å². The van der Waals surface area contributed by atoms with Gasteiger partial charge in [-0.3, -0.25) is 14.5 Å². The molecule has 0 unspecified atom stereocenters. The van der Waals surface area contributed by atoms with E-state index < -0.39 is 5.91 Å². The summed E-state index contributed by atoms with van der Waals surface area (Å²) in [6, 6.07) is 10.2. The molecule has 0 radical (unpaired) electrons. The number of amides is 2. The minimum Gasteiger partial charge on any atom is -0.506 e. The second-order valence-electron chi connectivity index (χ2n) is 4.85. The highest BCUT2D eigenvalue weighted by Gasteiger charge is 2.33. The van der Waals surface area contributed by atoms with E-state index in [-0.39, 0.29) is 18.2 Å². The second kappa shape index (κ2) is 7.16. The van der Waals surface area contributed by atoms with Crippen molar-refractivity contribution in [2.75, 3.05) is 11.9 Å². The van der Waals surface area contributed by atoms with Gasteiger partial charge in [-0.2, -0.15) is 0 Å². The number of rotatable bonds is 4. The summed E-state index contributed by atoms with van der Waals surface area (Å²) in [7, 11) is 0. The fraction of sp³-hybridized carbons (Fsp3) is 0.0625. The lowest BCUT2D eigenvalue weighted by molar-refractivity contribution is -0.126. The Hall–Kier alpha value is -2.16. The number of phenolic OH excluding ortho intramolecular Hbond substituents is 1. The molecular weight excluding hydrogens is 364 g/mol. The molecule has 1 aliphatic heterocycles. The molecule has 122 valence electrons. The molecule has 2 heterocycles. The minimum atomic E-state index is -0.426. The molecular formula is C16H12N2O3S3. The van der Waals surface area contributed by atoms with Gasteiger partial charge in [-0.1, -0.05) is 42.2 Å². The first-order chi connectivity index (χ1) is 11.5. The molecule has 1 fully saturated rings. The number of carbonyl (C=O) groups excluding carboxylic acids is 2. The van der Waals surface area contributed by atoms with Crippen molar-refractivity contribution in [2.45, 2.75) is 0 Å². The molecule has 0 bridgehead atoms. The molecule has 2 aromatic rings. The zero-order chi connectivity index (χ0) is 17.1. The Kier molecular flexibility index (Phi) is 4.98. The number of phenols is 1. The lowest BCUT2D eigenvalue weighted by atomic mass is 10.3. The van der Waals surface area contributed by atoms with Gasteiger partial charge in [0.05, 0.1) is 10.6 Å². The fourth-order valence-electron chi connectivity index (χ4n) is 2.05. The number of anilines is 1. The summed E-state index contributed by atoms with van der Waals surface area (Å²) in [6.45, 7) is -0.194. The fourth-order valence-corrected chi connectivity index (χ4v) is 4.03. The lowest BCUT2D eigenvalue weighted by Crippen LogP contribution is -2.36. The zero-order valence-electron chi connectivity index (χ0n) is 12.3. The molecule has 0 atom stereocenters. The van der Waals surface area contributed by atoms with Crippen molar-refractivity contribution in [3.8, 4) is 5.75 Å². The van der Waals surface area contributed by atoms with Crippen molar-refractivity contribution in [3.63, 3.8) is 0 Å². The molecule has 1 aromatic carbocycles. The SMILES string of the molecule is O=C(CN1C(=O)/C(=C/c2cccs2)SC1=S)Nc1ccccc1O. The third kappa shape index (κ3) is 3.66. The van der Waals surface area contributed by atoms with Crippen LogP contribution in [-0.4, -0.2) is 32.7 Å². The van der Waals surface area contributed by atoms with Crippen molar-refractivity contribution in [1.29, 1.82) is 0 Å². The highest BCUT2D eigenvalue weighted by Crippen LogP contribution is 2.33. The highest BCUT2D eigenvalue weighted by molar-refractivity contribution is 8.26. The maximum absolute atomic E-state index is 12.4. The van der Waals surface area contributed by atoms with Gasteiger partial charge >= 0.3 is 0 Å². The Balaban J connectivity index is 1.69. The summed E-state index contributed by atoms with van der Waals surface area (Å²) in [5, 5.41) is 14.2. The summed E-state index contributed by atoms with van der Waals surface area (Å²) in [5.41, 5.74) is 0.294. The molecule has 1 aromatic heterocycles. The monoisotopic (exact) mass is 376 g/mol. The number of carbonyl (C=O) groups is 2. The maximum Gasteiger partial charge on any atom is 0.266 e. The molecule has 0 aliphatic carbocycles. The van der Waals surface area contributed by atoms with Crippen LogP contribution in [0, 0.1) is 0 Å². The Bertz CT molecular complexity index is 831. The average molecular weight is 376 g/mol. The van der Waals surface area contributed by atoms with Crippen LogP contribution in [0.5, 0.6) is 5.75 Å². The number of thiophene rings is 1. The van der Waals surface area contributed by atoms with E-state index in [0.717, 1.165) is 4.88 Å². The van der Waals surface area contributed by atoms with Gasteiger partial charge in [0.15, 0.2) is 0 Å². The number of para-hydroxylation sites is 2. The second-order valence-corrected chi connectivity index (χ2v) is 7.50. The highest BCUT2D eigenvalue weighted by atomic mass is 32.2. The number of thioether (sulfide) groups is 1. The Morgan fingerprint density at radius 2 is 2.08 bits per heavy atom. The van der Waals surface area contributed by atoms with Crippen molar-refractivity contribution < 1.29 is 14.7 Å². The number of hydrogen-bond donors (Lipinski definition) is 2. The van der Waals surface area contributed by atoms with Crippen molar-refractivity contribution in [2.24, 2.45) is 0 Å². The molecule has 8 heteroatoms. The number of benzene rings is 1. The van der Waals surface area contributed by atoms with Gasteiger partial charge in [0, 0.05) is 4.88 Å². The van der Waals surface area contributed by atoms with E-state index in [4.69, 9.17) is 12.2 Å². The normalized spacial score (nSPS) is 16.0. The van der Waals surface area contributed by atoms with Gasteiger partial charge in [-0.25, -0.2) is 0 Å². The van der Waals surface area contributed by atoms with Crippen LogP contribution in [0.3, 0.4) is 0 Å². The van der Waals surface area contributed by atoms with E-state index in [2.05, 4.69) is 5.32 Å². The summed E-state index contributed by atoms with van der Waals surface area (Å²) in [5.74, 6) is -0.746. The number of hydrogen-bond acceptors (Lipinski definition) is 6. The smallest absolute Gasteiger partial charge is 0.266 e. The maximum atomic E-state index is 12.4. The first-order valence-corrected chi connectivity index (χ1v) is 9.02. The molecule has 5 nitrogen and oxygen atoms in total. The van der Waals surface area contributed by atoms with E-state index in [1.54, 1.807) is 24.3 Å². The van der Waals surface area contributed by atoms with E-state index in [0.29, 0.717) is 14.9 Å². The third-order valence-electron chi connectivity index (χ3n) is 3.17. The summed E-state index contributed by atoms with van der Waals surface area (Å²) < 4.78 is 0.343. The Labute approximate surface area is 152 Å². The quantitative estimate of drug-likeness (QED) is 0.487. The molecule has 3 rings (SSSR count). The molecule has 24 heavy (non-hydrogen) atoms. The molecule has 0 saturated carbocycles. The van der Waals surface area contributed by atoms with E-state index in [1.807, 2.05) is 17.5 Å². The topological polar surface area (TPSA) is 69.6 Å². The number of aromatic hydroxyl groups is 1. The molecule has 2 N–H and O–H groups in total. The van der Waals surface area contributed by atoms with Crippen molar-refractivity contribution >= 4 is 63.2 Å². The molecule has 0 spiro atoms. The summed E-state index contributed by atoms with van der Waals surface area (Å²) in [6.07, 6.45) is 1.77. The van der Waals surface area contributed by atoms with Crippen molar-refractivity contribution in [1.82, 2.24) is 4.90 Å². The Morgan fingerprint density at radius 3 is 2.79 bits per heavy atom. The molecule has 1 saturated heterocycles. The summed E-state index contributed by atoms with van der Waals surface area (Å²) in [4.78, 5) is 27.3. The van der Waals surface area contributed by atoms with Gasteiger partial charge in [-0.05, 0) is 29.7 Å². The first kappa shape index (κ1) is 16.7. The lowest BCUT2D eigenvalue weighted by Gasteiger charge is -2.14. The zero-order valence-corrected chi connectivity index (χ0v) is 14.7. The largest absolute Gasteiger partial charge is 0.506 e. The predicted molar refractivity (Wildman–Crippen MR) is 101 cm³/mol. The first-order valence-electron chi connectivity index (χ1n) is 6.91. The number of thiocarbonyl (C=S) groups is 1. The van der Waals surface area contributed by atoms with Gasteiger partial charge < -0.3 is 10.4 Å². The minimum absolute atomic E-state index is 0.0335. The van der Waals surface area contributed by atoms with E-state index in [9.17, 15) is 14.7 Å². The number of nitrogens with one attached hydrogen (secondary N) is 1. The van der Waals surface area contributed by atoms with E-state index >= 15 is 0 Å². The van der Waals surface area contributed by atoms with Gasteiger partial charge in [0.2, 0.25) is 5.91 Å². The Morgan fingerprint density at radius 1 is 1.29 bits per heavy atom. The van der Waals surface area contributed by atoms with Crippen LogP contribution in [0.4, 0.5) is 5.69 Å². The standard InChI is InChI=1S/C16H12N2O3S3/c19-12-6-2-1-5-11(12)17-14(20)9-18-15(21)13(24-16(18)22)8-10-4-3-7-23-10/h1-8,19H,9H2,(H,17,20)/b13-8-. The average Bonchev–Trinajstić information content (AvgIpc) is 3.14. The van der Waals surface area contributed by atoms with Crippen molar-refractivity contribution in [3.05, 3.63) is 51.6 Å².